The van der Waals surface area contributed by atoms with Gasteiger partial charge in [0, 0.05) is 31.3 Å². The number of benzene rings is 1. The van der Waals surface area contributed by atoms with Crippen LogP contribution in [0.1, 0.15) is 32.2 Å². The highest BCUT2D eigenvalue weighted by atomic mass is 32.2. The quantitative estimate of drug-likeness (QED) is 0.268. The molecule has 0 saturated carbocycles. The van der Waals surface area contributed by atoms with Gasteiger partial charge < -0.3 is 24.4 Å². The number of thiazole rings is 1. The topological polar surface area (TPSA) is 145 Å². The van der Waals surface area contributed by atoms with Crippen LogP contribution in [0, 0.1) is 6.92 Å². The van der Waals surface area contributed by atoms with Crippen LogP contribution in [-0.2, 0) is 14.8 Å². The van der Waals surface area contributed by atoms with Crippen LogP contribution in [0.2, 0.25) is 0 Å². The summed E-state index contributed by atoms with van der Waals surface area (Å²) in [4.78, 5) is 27.5. The molecule has 2 aromatic heterocycles. The first kappa shape index (κ1) is 34.0. The Morgan fingerprint density at radius 3 is 2.53 bits per heavy atom. The Hall–Kier alpha value is -3.93. The fourth-order valence-electron chi connectivity index (χ4n) is 4.34. The van der Waals surface area contributed by atoms with Crippen LogP contribution in [-0.4, -0.2) is 84.3 Å². The number of halogens is 4. The number of hydrogen-bond acceptors (Lipinski definition) is 11. The van der Waals surface area contributed by atoms with Crippen molar-refractivity contribution in [3.63, 3.8) is 0 Å². The van der Waals surface area contributed by atoms with Crippen molar-refractivity contribution in [1.82, 2.24) is 19.9 Å². The minimum atomic E-state index is -4.92. The molecule has 3 aromatic rings. The van der Waals surface area contributed by atoms with Crippen LogP contribution in [0.25, 0.3) is 10.6 Å². The van der Waals surface area contributed by atoms with Crippen molar-refractivity contribution in [2.45, 2.75) is 58.1 Å². The number of carbonyl (C=O) groups is 1. The van der Waals surface area contributed by atoms with E-state index in [4.69, 9.17) is 14.2 Å². The second-order valence-corrected chi connectivity index (χ2v) is 14.1. The standard InChI is InChI=1S/C27H32F4N6O6S2/c1-15-33-23(42-20-7-6-17(11-21(20)41-5)36-45(39,40)14-27(29,30)31)22(44-15)19-8-9-32-24(35-19)34-18-10-16(28)12-37(13-18)25(38)43-26(2,3)4/h6-9,11,16,18,36H,10,12-14H2,1-5H3,(H,32,34,35)/t16-,18-/m0/s1. The molecule has 18 heteroatoms. The number of nitrogens with one attached hydrogen (secondary N) is 2. The lowest BCUT2D eigenvalue weighted by Crippen LogP contribution is -2.51. The Morgan fingerprint density at radius 2 is 1.87 bits per heavy atom. The summed E-state index contributed by atoms with van der Waals surface area (Å²) in [7, 11) is -3.43. The Morgan fingerprint density at radius 1 is 1.13 bits per heavy atom. The van der Waals surface area contributed by atoms with Gasteiger partial charge in [-0.2, -0.15) is 13.2 Å². The second kappa shape index (κ2) is 13.2. The van der Waals surface area contributed by atoms with Gasteiger partial charge in [-0.15, -0.1) is 11.3 Å². The van der Waals surface area contributed by atoms with E-state index in [-0.39, 0.29) is 48.5 Å². The molecule has 45 heavy (non-hydrogen) atoms. The highest BCUT2D eigenvalue weighted by molar-refractivity contribution is 7.92. The number of piperidine rings is 1. The van der Waals surface area contributed by atoms with Crippen LogP contribution in [0.4, 0.5) is 34.0 Å². The first-order valence-electron chi connectivity index (χ1n) is 13.5. The van der Waals surface area contributed by atoms with Gasteiger partial charge in [-0.05, 0) is 45.9 Å². The SMILES string of the molecule is COc1cc(NS(=O)(=O)CC(F)(F)F)ccc1Oc1nc(C)sc1-c1ccnc(N[C@H]2C[C@H](F)CN(C(=O)OC(C)(C)C)C2)n1. The maximum Gasteiger partial charge on any atom is 0.410 e. The Kier molecular flexibility index (Phi) is 9.96. The van der Waals surface area contributed by atoms with Gasteiger partial charge in [0.25, 0.3) is 0 Å². The van der Waals surface area contributed by atoms with Crippen LogP contribution in [0.5, 0.6) is 17.4 Å². The zero-order valence-electron chi connectivity index (χ0n) is 24.9. The van der Waals surface area contributed by atoms with Gasteiger partial charge in [-0.1, -0.05) is 0 Å². The molecule has 1 amide bonds. The number of carbonyl (C=O) groups excluding carboxylic acids is 1. The predicted octanol–water partition coefficient (Wildman–Crippen LogP) is 5.77. The summed E-state index contributed by atoms with van der Waals surface area (Å²) in [5, 5.41) is 3.70. The normalized spacial score (nSPS) is 17.5. The average Bonchev–Trinajstić information content (AvgIpc) is 3.26. The van der Waals surface area contributed by atoms with E-state index in [1.807, 2.05) is 4.72 Å². The highest BCUT2D eigenvalue weighted by Gasteiger charge is 2.35. The van der Waals surface area contributed by atoms with Gasteiger partial charge in [0.15, 0.2) is 17.3 Å². The van der Waals surface area contributed by atoms with Crippen molar-refractivity contribution >= 4 is 39.1 Å². The summed E-state index contributed by atoms with van der Waals surface area (Å²) in [6.07, 6.45) is -5.19. The Labute approximate surface area is 261 Å². The predicted molar refractivity (Wildman–Crippen MR) is 159 cm³/mol. The number of hydrogen-bond donors (Lipinski definition) is 2. The van der Waals surface area contributed by atoms with Crippen molar-refractivity contribution in [3.8, 4) is 28.0 Å². The van der Waals surface area contributed by atoms with Gasteiger partial charge in [0.2, 0.25) is 21.9 Å². The lowest BCUT2D eigenvalue weighted by molar-refractivity contribution is -0.106. The van der Waals surface area contributed by atoms with E-state index in [2.05, 4.69) is 20.3 Å². The summed E-state index contributed by atoms with van der Waals surface area (Å²) in [5.74, 6) is -1.61. The van der Waals surface area contributed by atoms with E-state index in [0.717, 1.165) is 0 Å². The lowest BCUT2D eigenvalue weighted by Gasteiger charge is -2.36. The number of amides is 1. The number of anilines is 2. The third-order valence-electron chi connectivity index (χ3n) is 5.97. The van der Waals surface area contributed by atoms with Crippen molar-refractivity contribution in [2.75, 3.05) is 36.0 Å². The first-order valence-corrected chi connectivity index (χ1v) is 16.0. The van der Waals surface area contributed by atoms with Crippen molar-refractivity contribution in [3.05, 3.63) is 35.5 Å². The number of likely N-dealkylation sites (tertiary alicyclic amines) is 1. The molecule has 4 rings (SSSR count). The fraction of sp³-hybridized carbons (Fsp3) is 0.481. The van der Waals surface area contributed by atoms with Gasteiger partial charge >= 0.3 is 12.3 Å². The minimum absolute atomic E-state index is 0.0245. The molecule has 1 saturated heterocycles. The number of sulfonamides is 1. The van der Waals surface area contributed by atoms with E-state index in [1.165, 1.54) is 47.7 Å². The largest absolute Gasteiger partial charge is 0.493 e. The number of alkyl halides is 4. The lowest BCUT2D eigenvalue weighted by atomic mass is 10.0. The first-order chi connectivity index (χ1) is 20.9. The van der Waals surface area contributed by atoms with E-state index in [0.29, 0.717) is 15.6 Å². The van der Waals surface area contributed by atoms with E-state index in [9.17, 15) is 30.8 Å². The van der Waals surface area contributed by atoms with Gasteiger partial charge in [0.1, 0.15) is 16.6 Å². The zero-order valence-corrected chi connectivity index (χ0v) is 26.6. The van der Waals surface area contributed by atoms with Crippen LogP contribution < -0.4 is 19.5 Å². The summed E-state index contributed by atoms with van der Waals surface area (Å²) >= 11 is 1.26. The molecule has 2 atom stereocenters. The monoisotopic (exact) mass is 676 g/mol. The molecule has 1 aliphatic heterocycles. The molecular weight excluding hydrogens is 644 g/mol. The summed E-state index contributed by atoms with van der Waals surface area (Å²) in [6.45, 7) is 7.03. The number of ether oxygens (including phenoxy) is 3. The number of methoxy groups -OCH3 is 1. The van der Waals surface area contributed by atoms with Gasteiger partial charge in [-0.3, -0.25) is 4.72 Å². The van der Waals surface area contributed by atoms with E-state index < -0.39 is 45.9 Å². The third-order valence-corrected chi connectivity index (χ3v) is 8.20. The maximum absolute atomic E-state index is 14.6. The van der Waals surface area contributed by atoms with Crippen LogP contribution in [0.15, 0.2) is 30.5 Å². The van der Waals surface area contributed by atoms with Crippen molar-refractivity contribution in [1.29, 1.82) is 0 Å². The summed E-state index contributed by atoms with van der Waals surface area (Å²) in [6, 6.07) is 4.85. The summed E-state index contributed by atoms with van der Waals surface area (Å²) < 4.78 is 94.7. The number of rotatable bonds is 9. The third kappa shape index (κ3) is 9.78. The van der Waals surface area contributed by atoms with Crippen molar-refractivity contribution in [2.24, 2.45) is 0 Å². The molecule has 0 aliphatic carbocycles. The van der Waals surface area contributed by atoms with Gasteiger partial charge in [-0.25, -0.2) is 32.6 Å². The molecule has 0 bridgehead atoms. The molecule has 246 valence electrons. The smallest absolute Gasteiger partial charge is 0.410 e. The van der Waals surface area contributed by atoms with Gasteiger partial charge in [0.05, 0.1) is 30.0 Å². The molecular formula is C27H32F4N6O6S2. The number of aromatic nitrogens is 3. The molecule has 1 fully saturated rings. The molecule has 0 radical (unpaired) electrons. The molecule has 12 nitrogen and oxygen atoms in total. The molecule has 1 aromatic carbocycles. The Balaban J connectivity index is 1.52. The minimum Gasteiger partial charge on any atom is -0.493 e. The van der Waals surface area contributed by atoms with Crippen molar-refractivity contribution < 1.29 is 45.0 Å². The Bertz CT molecular complexity index is 1630. The fourth-order valence-corrected chi connectivity index (χ4v) is 6.15. The van der Waals surface area contributed by atoms with Crippen LogP contribution in [0.3, 0.4) is 0 Å². The summed E-state index contributed by atoms with van der Waals surface area (Å²) in [5.41, 5.74) is -0.471. The average molecular weight is 677 g/mol. The van der Waals surface area contributed by atoms with E-state index in [1.54, 1.807) is 33.8 Å². The van der Waals surface area contributed by atoms with Crippen LogP contribution >= 0.6 is 11.3 Å². The molecule has 2 N–H and O–H groups in total. The van der Waals surface area contributed by atoms with E-state index >= 15 is 0 Å². The molecule has 1 aliphatic rings. The molecule has 0 spiro atoms. The molecule has 3 heterocycles. The number of aryl methyl sites for hydroxylation is 1. The second-order valence-electron chi connectivity index (χ2n) is 11.1. The maximum atomic E-state index is 14.6. The highest BCUT2D eigenvalue weighted by Crippen LogP contribution is 2.40. The number of nitrogens with zero attached hydrogens (tertiary/aromatic N) is 4. The molecule has 0 unspecified atom stereocenters. The zero-order chi connectivity index (χ0) is 33.2.